The minimum Gasteiger partial charge on any atom is -0.266 e. The van der Waals surface area contributed by atoms with Crippen LogP contribution in [0.5, 0.6) is 0 Å². The Labute approximate surface area is 128 Å². The van der Waals surface area contributed by atoms with Gasteiger partial charge in [-0.05, 0) is 36.4 Å². The topological polar surface area (TPSA) is 58.1 Å². The molecule has 1 amide bonds. The first-order valence-electron chi connectivity index (χ1n) is 6.83. The molecule has 2 aromatic heterocycles. The number of para-hydroxylation sites is 1. The lowest BCUT2D eigenvalue weighted by Crippen LogP contribution is -2.39. The summed E-state index contributed by atoms with van der Waals surface area (Å²) in [6, 6.07) is 20.2. The molecule has 0 spiro atoms. The number of hydrogen-bond acceptors (Lipinski definition) is 4. The van der Waals surface area contributed by atoms with Gasteiger partial charge in [0.05, 0.1) is 5.69 Å². The van der Waals surface area contributed by atoms with Gasteiger partial charge in [-0.3, -0.25) is 15.2 Å². The average Bonchev–Trinajstić information content (AvgIpc) is 2.62. The van der Waals surface area contributed by atoms with Crippen LogP contribution >= 0.6 is 0 Å². The second-order valence-electron chi connectivity index (χ2n) is 4.51. The fourth-order valence-corrected chi connectivity index (χ4v) is 1.97. The summed E-state index contributed by atoms with van der Waals surface area (Å²) >= 11 is 0. The lowest BCUT2D eigenvalue weighted by Gasteiger charge is -2.24. The Morgan fingerprint density at radius 3 is 2.14 bits per heavy atom. The van der Waals surface area contributed by atoms with Crippen LogP contribution in [-0.4, -0.2) is 15.9 Å². The van der Waals surface area contributed by atoms with Crippen molar-refractivity contribution in [2.45, 2.75) is 0 Å². The summed E-state index contributed by atoms with van der Waals surface area (Å²) in [5.74, 6) is 0.327. The van der Waals surface area contributed by atoms with Crippen LogP contribution in [-0.2, 0) is 0 Å². The molecular weight excluding hydrogens is 276 g/mol. The SMILES string of the molecule is O=C(NN(c1ccccc1)c1ccccn1)c1ccccn1. The van der Waals surface area contributed by atoms with Gasteiger partial charge < -0.3 is 0 Å². The Morgan fingerprint density at radius 2 is 1.50 bits per heavy atom. The summed E-state index contributed by atoms with van der Waals surface area (Å²) in [4.78, 5) is 20.7. The normalized spacial score (nSPS) is 10.0. The summed E-state index contributed by atoms with van der Waals surface area (Å²) < 4.78 is 0. The highest BCUT2D eigenvalue weighted by Gasteiger charge is 2.15. The van der Waals surface area contributed by atoms with E-state index in [0.717, 1.165) is 5.69 Å². The Balaban J connectivity index is 1.91. The van der Waals surface area contributed by atoms with Crippen LogP contribution in [0.25, 0.3) is 0 Å². The molecule has 0 fully saturated rings. The number of rotatable bonds is 4. The number of hydrogen-bond donors (Lipinski definition) is 1. The Kier molecular flexibility index (Phi) is 4.06. The van der Waals surface area contributed by atoms with Crippen molar-refractivity contribution in [1.29, 1.82) is 0 Å². The molecule has 0 bridgehead atoms. The van der Waals surface area contributed by atoms with Crippen LogP contribution in [0.2, 0.25) is 0 Å². The van der Waals surface area contributed by atoms with Gasteiger partial charge in [0.15, 0.2) is 5.82 Å². The van der Waals surface area contributed by atoms with Crippen LogP contribution in [0.15, 0.2) is 79.1 Å². The van der Waals surface area contributed by atoms with Gasteiger partial charge in [-0.15, -0.1) is 0 Å². The van der Waals surface area contributed by atoms with Crippen LogP contribution < -0.4 is 10.4 Å². The van der Waals surface area contributed by atoms with Crippen molar-refractivity contribution in [2.75, 3.05) is 5.01 Å². The molecule has 0 radical (unpaired) electrons. The predicted molar refractivity (Wildman–Crippen MR) is 84.5 cm³/mol. The maximum absolute atomic E-state index is 12.4. The van der Waals surface area contributed by atoms with E-state index in [1.807, 2.05) is 48.5 Å². The van der Waals surface area contributed by atoms with Gasteiger partial charge in [-0.1, -0.05) is 30.3 Å². The van der Waals surface area contributed by atoms with Gasteiger partial charge in [0.25, 0.3) is 5.91 Å². The van der Waals surface area contributed by atoms with E-state index in [1.54, 1.807) is 35.6 Å². The van der Waals surface area contributed by atoms with Gasteiger partial charge in [0.1, 0.15) is 5.69 Å². The third kappa shape index (κ3) is 3.09. The van der Waals surface area contributed by atoms with Gasteiger partial charge in [-0.25, -0.2) is 9.99 Å². The standard InChI is InChI=1S/C17H14N4O/c22-17(15-10-4-6-12-18-15)20-21(14-8-2-1-3-9-14)16-11-5-7-13-19-16/h1-13H,(H,20,22). The zero-order valence-electron chi connectivity index (χ0n) is 11.8. The Hall–Kier alpha value is -3.21. The van der Waals surface area contributed by atoms with E-state index in [9.17, 15) is 4.79 Å². The number of amides is 1. The van der Waals surface area contributed by atoms with Crippen molar-refractivity contribution in [3.8, 4) is 0 Å². The number of benzene rings is 1. The summed E-state index contributed by atoms with van der Waals surface area (Å²) in [6.07, 6.45) is 3.26. The van der Waals surface area contributed by atoms with E-state index in [-0.39, 0.29) is 5.91 Å². The van der Waals surface area contributed by atoms with E-state index in [1.165, 1.54) is 0 Å². The molecule has 1 aromatic carbocycles. The Bertz CT molecular complexity index is 693. The van der Waals surface area contributed by atoms with Crippen LogP contribution in [0, 0.1) is 0 Å². The van der Waals surface area contributed by atoms with Gasteiger partial charge in [0, 0.05) is 12.4 Å². The van der Waals surface area contributed by atoms with E-state index in [4.69, 9.17) is 0 Å². The largest absolute Gasteiger partial charge is 0.288 e. The number of nitrogens with one attached hydrogen (secondary N) is 1. The third-order valence-electron chi connectivity index (χ3n) is 3.00. The molecule has 0 aliphatic carbocycles. The summed E-state index contributed by atoms with van der Waals surface area (Å²) in [7, 11) is 0. The molecule has 22 heavy (non-hydrogen) atoms. The van der Waals surface area contributed by atoms with E-state index < -0.39 is 0 Å². The Morgan fingerprint density at radius 1 is 0.818 bits per heavy atom. The van der Waals surface area contributed by atoms with E-state index in [2.05, 4.69) is 15.4 Å². The van der Waals surface area contributed by atoms with E-state index >= 15 is 0 Å². The van der Waals surface area contributed by atoms with Crippen molar-refractivity contribution in [1.82, 2.24) is 15.4 Å². The molecule has 0 saturated carbocycles. The first-order chi connectivity index (χ1) is 10.8. The highest BCUT2D eigenvalue weighted by molar-refractivity contribution is 5.94. The number of nitrogens with zero attached hydrogens (tertiary/aromatic N) is 3. The average molecular weight is 290 g/mol. The van der Waals surface area contributed by atoms with Crippen LogP contribution in [0.4, 0.5) is 11.5 Å². The quantitative estimate of drug-likeness (QED) is 0.751. The molecule has 0 aliphatic heterocycles. The zero-order chi connectivity index (χ0) is 15.2. The molecule has 0 aliphatic rings. The third-order valence-corrected chi connectivity index (χ3v) is 3.00. The molecular formula is C17H14N4O. The smallest absolute Gasteiger partial charge is 0.266 e. The maximum Gasteiger partial charge on any atom is 0.288 e. The number of aromatic nitrogens is 2. The first-order valence-corrected chi connectivity index (χ1v) is 6.83. The van der Waals surface area contributed by atoms with Crippen molar-refractivity contribution in [3.05, 3.63) is 84.8 Å². The molecule has 5 nitrogen and oxygen atoms in total. The van der Waals surface area contributed by atoms with E-state index in [0.29, 0.717) is 11.5 Å². The summed E-state index contributed by atoms with van der Waals surface area (Å²) in [5.41, 5.74) is 3.99. The molecule has 108 valence electrons. The lowest BCUT2D eigenvalue weighted by atomic mass is 10.3. The minimum absolute atomic E-state index is 0.296. The number of anilines is 2. The van der Waals surface area contributed by atoms with Crippen LogP contribution in [0.3, 0.4) is 0 Å². The number of carbonyl (C=O) groups excluding carboxylic acids is 1. The lowest BCUT2D eigenvalue weighted by molar-refractivity contribution is 0.0948. The number of pyridine rings is 2. The molecule has 1 N–H and O–H groups in total. The van der Waals surface area contributed by atoms with Gasteiger partial charge in [-0.2, -0.15) is 0 Å². The van der Waals surface area contributed by atoms with Gasteiger partial charge in [0.2, 0.25) is 0 Å². The summed E-state index contributed by atoms with van der Waals surface area (Å²) in [6.45, 7) is 0. The predicted octanol–water partition coefficient (Wildman–Crippen LogP) is 2.96. The van der Waals surface area contributed by atoms with Crippen molar-refractivity contribution < 1.29 is 4.79 Å². The van der Waals surface area contributed by atoms with Crippen molar-refractivity contribution in [3.63, 3.8) is 0 Å². The minimum atomic E-state index is -0.296. The van der Waals surface area contributed by atoms with Gasteiger partial charge >= 0.3 is 0 Å². The molecule has 3 rings (SSSR count). The molecule has 3 aromatic rings. The van der Waals surface area contributed by atoms with Crippen molar-refractivity contribution in [2.24, 2.45) is 0 Å². The number of hydrazine groups is 1. The fourth-order valence-electron chi connectivity index (χ4n) is 1.97. The highest BCUT2D eigenvalue weighted by atomic mass is 16.2. The number of carbonyl (C=O) groups is 1. The maximum atomic E-state index is 12.4. The fraction of sp³-hybridized carbons (Fsp3) is 0. The summed E-state index contributed by atoms with van der Waals surface area (Å²) in [5, 5.41) is 1.64. The monoisotopic (exact) mass is 290 g/mol. The molecule has 0 unspecified atom stereocenters. The second-order valence-corrected chi connectivity index (χ2v) is 4.51. The van der Waals surface area contributed by atoms with Crippen molar-refractivity contribution >= 4 is 17.4 Å². The highest BCUT2D eigenvalue weighted by Crippen LogP contribution is 2.20. The molecule has 0 atom stereocenters. The molecule has 2 heterocycles. The molecule has 5 heteroatoms. The zero-order valence-corrected chi connectivity index (χ0v) is 11.8. The van der Waals surface area contributed by atoms with Crippen LogP contribution in [0.1, 0.15) is 10.5 Å². The second kappa shape index (κ2) is 6.49. The first kappa shape index (κ1) is 13.8. The molecule has 0 saturated heterocycles.